The molecule has 0 heterocycles. The first-order valence-electron chi connectivity index (χ1n) is 4.99. The van der Waals surface area contributed by atoms with Crippen LogP contribution in [0.1, 0.15) is 47.5 Å². The molecular weight excluding hydrogens is 162 g/mol. The van der Waals surface area contributed by atoms with E-state index in [-0.39, 0.29) is 11.3 Å². The van der Waals surface area contributed by atoms with Gasteiger partial charge in [0.15, 0.2) is 0 Å². The lowest BCUT2D eigenvalue weighted by Gasteiger charge is -2.24. The molecule has 0 unspecified atom stereocenters. The first-order chi connectivity index (χ1) is 5.74. The maximum absolute atomic E-state index is 11.6. The summed E-state index contributed by atoms with van der Waals surface area (Å²) in [5, 5.41) is 0. The summed E-state index contributed by atoms with van der Waals surface area (Å²) < 4.78 is 0. The minimum atomic E-state index is 0.255. The average molecular weight is 185 g/mol. The molecule has 0 aromatic heterocycles. The number of carbonyl (C=O) groups excluding carboxylic acids is 1. The summed E-state index contributed by atoms with van der Waals surface area (Å²) >= 11 is 0. The van der Waals surface area contributed by atoms with Gasteiger partial charge in [-0.25, -0.2) is 0 Å². The second kappa shape index (κ2) is 4.64. The molecule has 0 N–H and O–H groups in total. The Kier molecular flexibility index (Phi) is 4.45. The normalized spacial score (nSPS) is 11.9. The number of hydrogen-bond acceptors (Lipinski definition) is 1. The Balaban J connectivity index is 3.89. The predicted octanol–water partition coefficient (Wildman–Crippen LogP) is 2.68. The molecule has 0 fully saturated rings. The lowest BCUT2D eigenvalue weighted by molar-refractivity contribution is -0.131. The zero-order valence-electron chi connectivity index (χ0n) is 9.85. The van der Waals surface area contributed by atoms with E-state index in [0.717, 1.165) is 6.42 Å². The van der Waals surface area contributed by atoms with E-state index in [0.29, 0.717) is 12.5 Å². The number of carbonyl (C=O) groups is 1. The maximum atomic E-state index is 11.6. The van der Waals surface area contributed by atoms with Gasteiger partial charge in [-0.1, -0.05) is 20.8 Å². The lowest BCUT2D eigenvalue weighted by Crippen LogP contribution is -2.33. The van der Waals surface area contributed by atoms with Gasteiger partial charge in [-0.3, -0.25) is 4.79 Å². The second-order valence-corrected chi connectivity index (χ2v) is 5.16. The van der Waals surface area contributed by atoms with Gasteiger partial charge in [0, 0.05) is 19.5 Å². The monoisotopic (exact) mass is 185 g/mol. The van der Waals surface area contributed by atoms with Crippen molar-refractivity contribution in [3.63, 3.8) is 0 Å². The fraction of sp³-hybridized carbons (Fsp3) is 0.909. The Bertz CT molecular complexity index is 167. The van der Waals surface area contributed by atoms with Crippen LogP contribution in [-0.2, 0) is 4.79 Å². The summed E-state index contributed by atoms with van der Waals surface area (Å²) in [5.74, 6) is 0.255. The Morgan fingerprint density at radius 1 is 1.31 bits per heavy atom. The molecule has 0 bridgehead atoms. The van der Waals surface area contributed by atoms with Crippen LogP contribution in [0.2, 0.25) is 0 Å². The Hall–Kier alpha value is -0.530. The van der Waals surface area contributed by atoms with Gasteiger partial charge in [-0.2, -0.15) is 0 Å². The summed E-state index contributed by atoms with van der Waals surface area (Å²) in [5.41, 5.74) is 0.257. The standard InChI is InChI=1S/C11H23NO/c1-9(2)12(6)10(13)7-8-11(3,4)5/h9H,7-8H2,1-6H3. The van der Waals surface area contributed by atoms with E-state index in [1.165, 1.54) is 0 Å². The largest absolute Gasteiger partial charge is 0.343 e. The fourth-order valence-corrected chi connectivity index (χ4v) is 0.946. The van der Waals surface area contributed by atoms with Gasteiger partial charge in [0.05, 0.1) is 0 Å². The molecule has 1 amide bonds. The van der Waals surface area contributed by atoms with E-state index in [1.54, 1.807) is 0 Å². The smallest absolute Gasteiger partial charge is 0.222 e. The van der Waals surface area contributed by atoms with E-state index in [1.807, 2.05) is 25.8 Å². The van der Waals surface area contributed by atoms with E-state index >= 15 is 0 Å². The van der Waals surface area contributed by atoms with Crippen molar-refractivity contribution in [1.82, 2.24) is 4.90 Å². The highest BCUT2D eigenvalue weighted by atomic mass is 16.2. The molecule has 0 saturated carbocycles. The number of nitrogens with zero attached hydrogens (tertiary/aromatic N) is 1. The molecule has 2 heteroatoms. The van der Waals surface area contributed by atoms with Crippen LogP contribution in [0, 0.1) is 5.41 Å². The van der Waals surface area contributed by atoms with Gasteiger partial charge in [0.1, 0.15) is 0 Å². The highest BCUT2D eigenvalue weighted by molar-refractivity contribution is 5.76. The van der Waals surface area contributed by atoms with E-state index in [2.05, 4.69) is 20.8 Å². The van der Waals surface area contributed by atoms with Crippen LogP contribution in [0.3, 0.4) is 0 Å². The minimum absolute atomic E-state index is 0.255. The van der Waals surface area contributed by atoms with Crippen molar-refractivity contribution < 1.29 is 4.79 Å². The molecule has 2 nitrogen and oxygen atoms in total. The van der Waals surface area contributed by atoms with Crippen LogP contribution >= 0.6 is 0 Å². The summed E-state index contributed by atoms with van der Waals surface area (Å²) in [4.78, 5) is 13.4. The van der Waals surface area contributed by atoms with Crippen LogP contribution in [0.5, 0.6) is 0 Å². The molecule has 13 heavy (non-hydrogen) atoms. The van der Waals surface area contributed by atoms with Crippen LogP contribution in [0.15, 0.2) is 0 Å². The lowest BCUT2D eigenvalue weighted by atomic mass is 9.90. The van der Waals surface area contributed by atoms with Gasteiger partial charge < -0.3 is 4.90 Å². The summed E-state index contributed by atoms with van der Waals surface area (Å²) in [6.45, 7) is 10.6. The van der Waals surface area contributed by atoms with Gasteiger partial charge in [-0.05, 0) is 25.7 Å². The molecule has 0 aromatic rings. The topological polar surface area (TPSA) is 20.3 Å². The van der Waals surface area contributed by atoms with Crippen LogP contribution in [0.25, 0.3) is 0 Å². The molecule has 0 spiro atoms. The summed E-state index contributed by atoms with van der Waals surface area (Å²) in [7, 11) is 1.87. The van der Waals surface area contributed by atoms with E-state index < -0.39 is 0 Å². The minimum Gasteiger partial charge on any atom is -0.343 e. The predicted molar refractivity (Wildman–Crippen MR) is 56.6 cm³/mol. The fourth-order valence-electron chi connectivity index (χ4n) is 0.946. The van der Waals surface area contributed by atoms with Crippen molar-refractivity contribution >= 4 is 5.91 Å². The SMILES string of the molecule is CC(C)N(C)C(=O)CCC(C)(C)C. The highest BCUT2D eigenvalue weighted by Gasteiger charge is 2.16. The van der Waals surface area contributed by atoms with Gasteiger partial charge in [0.25, 0.3) is 0 Å². The molecule has 0 aliphatic carbocycles. The van der Waals surface area contributed by atoms with Crippen LogP contribution in [0.4, 0.5) is 0 Å². The molecule has 0 rings (SSSR count). The highest BCUT2D eigenvalue weighted by Crippen LogP contribution is 2.21. The van der Waals surface area contributed by atoms with Gasteiger partial charge in [0.2, 0.25) is 5.91 Å². The molecule has 0 saturated heterocycles. The van der Waals surface area contributed by atoms with Crippen LogP contribution < -0.4 is 0 Å². The first kappa shape index (κ1) is 12.5. The van der Waals surface area contributed by atoms with Crippen molar-refractivity contribution in [2.24, 2.45) is 5.41 Å². The number of hydrogen-bond donors (Lipinski definition) is 0. The molecule has 0 atom stereocenters. The molecule has 0 aromatic carbocycles. The maximum Gasteiger partial charge on any atom is 0.222 e. The van der Waals surface area contributed by atoms with Crippen molar-refractivity contribution in [2.75, 3.05) is 7.05 Å². The van der Waals surface area contributed by atoms with Crippen molar-refractivity contribution in [1.29, 1.82) is 0 Å². The van der Waals surface area contributed by atoms with Crippen LogP contribution in [-0.4, -0.2) is 23.9 Å². The van der Waals surface area contributed by atoms with E-state index in [9.17, 15) is 4.79 Å². The van der Waals surface area contributed by atoms with Gasteiger partial charge >= 0.3 is 0 Å². The molecule has 0 aliphatic heterocycles. The first-order valence-corrected chi connectivity index (χ1v) is 4.99. The zero-order valence-corrected chi connectivity index (χ0v) is 9.85. The summed E-state index contributed by atoms with van der Waals surface area (Å²) in [6.07, 6.45) is 1.63. The summed E-state index contributed by atoms with van der Waals surface area (Å²) in [6, 6.07) is 0.312. The van der Waals surface area contributed by atoms with Crippen molar-refractivity contribution in [3.05, 3.63) is 0 Å². The Labute approximate surface area is 82.3 Å². The Morgan fingerprint density at radius 3 is 2.08 bits per heavy atom. The second-order valence-electron chi connectivity index (χ2n) is 5.16. The number of amides is 1. The molecule has 0 aliphatic rings. The quantitative estimate of drug-likeness (QED) is 0.662. The zero-order chi connectivity index (χ0) is 10.6. The van der Waals surface area contributed by atoms with Gasteiger partial charge in [-0.15, -0.1) is 0 Å². The Morgan fingerprint density at radius 2 is 1.77 bits per heavy atom. The van der Waals surface area contributed by atoms with Crippen molar-refractivity contribution in [2.45, 2.75) is 53.5 Å². The molecule has 0 radical (unpaired) electrons. The molecular formula is C11H23NO. The third-order valence-corrected chi connectivity index (χ3v) is 2.26. The van der Waals surface area contributed by atoms with E-state index in [4.69, 9.17) is 0 Å². The van der Waals surface area contributed by atoms with Crippen molar-refractivity contribution in [3.8, 4) is 0 Å². The number of rotatable bonds is 3. The third kappa shape index (κ3) is 5.67. The average Bonchev–Trinajstić information content (AvgIpc) is 1.97. The third-order valence-electron chi connectivity index (χ3n) is 2.26. The molecule has 78 valence electrons.